The third-order valence-electron chi connectivity index (χ3n) is 3.28. The van der Waals surface area contributed by atoms with Crippen molar-refractivity contribution in [3.8, 4) is 11.3 Å². The zero-order valence-corrected chi connectivity index (χ0v) is 12.7. The SMILES string of the molecule is O=C(NCc1ccnc(-c2ccsc2)c1)c1c(F)cccc1F. The zero-order chi connectivity index (χ0) is 16.2. The van der Waals surface area contributed by atoms with Crippen LogP contribution in [0.5, 0.6) is 0 Å². The van der Waals surface area contributed by atoms with Crippen LogP contribution in [0.4, 0.5) is 8.78 Å². The van der Waals surface area contributed by atoms with Crippen molar-refractivity contribution in [2.75, 3.05) is 0 Å². The van der Waals surface area contributed by atoms with Crippen LogP contribution in [0.2, 0.25) is 0 Å². The van der Waals surface area contributed by atoms with Gasteiger partial charge in [0.05, 0.1) is 5.69 Å². The van der Waals surface area contributed by atoms with E-state index in [0.717, 1.165) is 29.0 Å². The monoisotopic (exact) mass is 330 g/mol. The molecule has 0 atom stereocenters. The Bertz CT molecular complexity index is 814. The fraction of sp³-hybridized carbons (Fsp3) is 0.0588. The first-order valence-corrected chi connectivity index (χ1v) is 7.79. The maximum atomic E-state index is 13.6. The highest BCUT2D eigenvalue weighted by atomic mass is 32.1. The Hall–Kier alpha value is -2.60. The van der Waals surface area contributed by atoms with Gasteiger partial charge < -0.3 is 5.32 Å². The first-order chi connectivity index (χ1) is 11.1. The molecule has 3 nitrogen and oxygen atoms in total. The molecule has 0 fully saturated rings. The number of amides is 1. The van der Waals surface area contributed by atoms with Crippen LogP contribution in [-0.2, 0) is 6.54 Å². The van der Waals surface area contributed by atoms with Gasteiger partial charge >= 0.3 is 0 Å². The smallest absolute Gasteiger partial charge is 0.257 e. The van der Waals surface area contributed by atoms with Crippen LogP contribution in [0.15, 0.2) is 53.4 Å². The van der Waals surface area contributed by atoms with Gasteiger partial charge in [0, 0.05) is 23.7 Å². The van der Waals surface area contributed by atoms with Crippen LogP contribution in [0.1, 0.15) is 15.9 Å². The van der Waals surface area contributed by atoms with Crippen molar-refractivity contribution in [1.29, 1.82) is 0 Å². The lowest BCUT2D eigenvalue weighted by Crippen LogP contribution is -2.25. The summed E-state index contributed by atoms with van der Waals surface area (Å²) in [5, 5.41) is 6.45. The van der Waals surface area contributed by atoms with E-state index in [1.54, 1.807) is 23.6 Å². The number of hydrogen-bond donors (Lipinski definition) is 1. The molecule has 0 aliphatic heterocycles. The Morgan fingerprint density at radius 1 is 1.17 bits per heavy atom. The van der Waals surface area contributed by atoms with E-state index in [2.05, 4.69) is 10.3 Å². The van der Waals surface area contributed by atoms with Crippen LogP contribution in [0.3, 0.4) is 0 Å². The van der Waals surface area contributed by atoms with Gasteiger partial charge in [-0.05, 0) is 41.3 Å². The molecule has 1 N–H and O–H groups in total. The molecule has 0 saturated heterocycles. The normalized spacial score (nSPS) is 10.5. The number of rotatable bonds is 4. The lowest BCUT2D eigenvalue weighted by atomic mass is 10.1. The number of hydrogen-bond acceptors (Lipinski definition) is 3. The predicted octanol–water partition coefficient (Wildman–Crippen LogP) is 4.02. The van der Waals surface area contributed by atoms with Crippen LogP contribution >= 0.6 is 11.3 Å². The Kier molecular flexibility index (Phi) is 4.43. The average Bonchev–Trinajstić information content (AvgIpc) is 3.07. The second kappa shape index (κ2) is 6.66. The maximum absolute atomic E-state index is 13.6. The first-order valence-electron chi connectivity index (χ1n) is 6.85. The number of carbonyl (C=O) groups is 1. The van der Waals surface area contributed by atoms with E-state index in [0.29, 0.717) is 0 Å². The van der Waals surface area contributed by atoms with Gasteiger partial charge in [-0.25, -0.2) is 8.78 Å². The fourth-order valence-electron chi connectivity index (χ4n) is 2.14. The third kappa shape index (κ3) is 3.43. The van der Waals surface area contributed by atoms with Crippen molar-refractivity contribution in [2.24, 2.45) is 0 Å². The molecule has 23 heavy (non-hydrogen) atoms. The lowest BCUT2D eigenvalue weighted by molar-refractivity contribution is 0.0942. The van der Waals surface area contributed by atoms with E-state index < -0.39 is 23.1 Å². The molecule has 116 valence electrons. The summed E-state index contributed by atoms with van der Waals surface area (Å²) in [5.41, 5.74) is 2.00. The molecule has 0 aliphatic carbocycles. The molecule has 2 aromatic heterocycles. The van der Waals surface area contributed by atoms with Gasteiger partial charge in [0.2, 0.25) is 0 Å². The van der Waals surface area contributed by atoms with E-state index >= 15 is 0 Å². The predicted molar refractivity (Wildman–Crippen MR) is 85.1 cm³/mol. The van der Waals surface area contributed by atoms with E-state index in [1.807, 2.05) is 22.9 Å². The number of aromatic nitrogens is 1. The number of nitrogens with zero attached hydrogens (tertiary/aromatic N) is 1. The number of halogens is 2. The molecule has 6 heteroatoms. The standard InChI is InChI=1S/C17H12F2N2OS/c18-13-2-1-3-14(19)16(13)17(22)21-9-11-4-6-20-15(8-11)12-5-7-23-10-12/h1-8,10H,9H2,(H,21,22). The van der Waals surface area contributed by atoms with E-state index in [1.165, 1.54) is 6.07 Å². The number of pyridine rings is 1. The molecule has 1 amide bonds. The molecule has 0 bridgehead atoms. The third-order valence-corrected chi connectivity index (χ3v) is 3.97. The van der Waals surface area contributed by atoms with E-state index in [4.69, 9.17) is 0 Å². The summed E-state index contributed by atoms with van der Waals surface area (Å²) in [5.74, 6) is -2.54. The molecule has 0 aliphatic rings. The summed E-state index contributed by atoms with van der Waals surface area (Å²) < 4.78 is 27.1. The van der Waals surface area contributed by atoms with Crippen molar-refractivity contribution >= 4 is 17.2 Å². The fourth-order valence-corrected chi connectivity index (χ4v) is 2.79. The summed E-state index contributed by atoms with van der Waals surface area (Å²) in [6, 6.07) is 8.85. The van der Waals surface area contributed by atoms with Crippen molar-refractivity contribution in [1.82, 2.24) is 10.3 Å². The van der Waals surface area contributed by atoms with E-state index in [9.17, 15) is 13.6 Å². The van der Waals surface area contributed by atoms with Crippen molar-refractivity contribution in [2.45, 2.75) is 6.54 Å². The molecule has 3 rings (SSSR count). The lowest BCUT2D eigenvalue weighted by Gasteiger charge is -2.08. The molecule has 0 radical (unpaired) electrons. The quantitative estimate of drug-likeness (QED) is 0.785. The average molecular weight is 330 g/mol. The molecule has 2 heterocycles. The first kappa shape index (κ1) is 15.3. The van der Waals surface area contributed by atoms with Gasteiger partial charge in [0.25, 0.3) is 5.91 Å². The Morgan fingerprint density at radius 2 is 1.96 bits per heavy atom. The Labute approximate surface area is 135 Å². The molecule has 0 saturated carbocycles. The largest absolute Gasteiger partial charge is 0.348 e. The highest BCUT2D eigenvalue weighted by Crippen LogP contribution is 2.20. The minimum Gasteiger partial charge on any atom is -0.348 e. The van der Waals surface area contributed by atoms with Crippen LogP contribution < -0.4 is 5.32 Å². The van der Waals surface area contributed by atoms with Gasteiger partial charge in [0.1, 0.15) is 17.2 Å². The summed E-state index contributed by atoms with van der Waals surface area (Å²) in [7, 11) is 0. The zero-order valence-electron chi connectivity index (χ0n) is 11.9. The van der Waals surface area contributed by atoms with Gasteiger partial charge in [-0.3, -0.25) is 9.78 Å². The molecule has 0 spiro atoms. The summed E-state index contributed by atoms with van der Waals surface area (Å²) in [4.78, 5) is 16.2. The van der Waals surface area contributed by atoms with Crippen molar-refractivity contribution < 1.29 is 13.6 Å². The second-order valence-electron chi connectivity index (χ2n) is 4.84. The number of nitrogens with one attached hydrogen (secondary N) is 1. The molecule has 0 unspecified atom stereocenters. The molecular formula is C17H12F2N2OS. The minimum atomic E-state index is -0.879. The topological polar surface area (TPSA) is 42.0 Å². The summed E-state index contributed by atoms with van der Waals surface area (Å²) in [6.45, 7) is 0.159. The van der Waals surface area contributed by atoms with Gasteiger partial charge in [0.15, 0.2) is 0 Å². The number of thiophene rings is 1. The second-order valence-corrected chi connectivity index (χ2v) is 5.62. The van der Waals surface area contributed by atoms with Crippen LogP contribution in [0.25, 0.3) is 11.3 Å². The molecular weight excluding hydrogens is 318 g/mol. The van der Waals surface area contributed by atoms with Crippen LogP contribution in [0, 0.1) is 11.6 Å². The van der Waals surface area contributed by atoms with Crippen LogP contribution in [-0.4, -0.2) is 10.9 Å². The summed E-state index contributed by atoms with van der Waals surface area (Å²) in [6.07, 6.45) is 1.64. The molecule has 1 aromatic carbocycles. The Morgan fingerprint density at radius 3 is 2.65 bits per heavy atom. The van der Waals surface area contributed by atoms with Gasteiger partial charge in [-0.1, -0.05) is 6.07 Å². The highest BCUT2D eigenvalue weighted by molar-refractivity contribution is 7.08. The van der Waals surface area contributed by atoms with Gasteiger partial charge in [-0.15, -0.1) is 0 Å². The van der Waals surface area contributed by atoms with Crippen molar-refractivity contribution in [3.63, 3.8) is 0 Å². The highest BCUT2D eigenvalue weighted by Gasteiger charge is 2.16. The van der Waals surface area contributed by atoms with Gasteiger partial charge in [-0.2, -0.15) is 11.3 Å². The van der Waals surface area contributed by atoms with Crippen molar-refractivity contribution in [3.05, 3.63) is 76.1 Å². The van der Waals surface area contributed by atoms with E-state index in [-0.39, 0.29) is 6.54 Å². The number of benzene rings is 1. The number of carbonyl (C=O) groups excluding carboxylic acids is 1. The molecule has 3 aromatic rings. The maximum Gasteiger partial charge on any atom is 0.257 e. The Balaban J connectivity index is 1.74. The summed E-state index contributed by atoms with van der Waals surface area (Å²) >= 11 is 1.57. The minimum absolute atomic E-state index is 0.159.